The fraction of sp³-hybridized carbons (Fsp3) is 0.824. The molecule has 1 saturated heterocycles. The molecule has 1 heterocycles. The van der Waals surface area contributed by atoms with E-state index >= 15 is 0 Å². The van der Waals surface area contributed by atoms with E-state index in [1.165, 1.54) is 0 Å². The summed E-state index contributed by atoms with van der Waals surface area (Å²) in [7, 11) is 0. The van der Waals surface area contributed by atoms with Crippen molar-refractivity contribution in [2.45, 2.75) is 45.6 Å². The highest BCUT2D eigenvalue weighted by atomic mass is 16.4. The summed E-state index contributed by atoms with van der Waals surface area (Å²) in [5.41, 5.74) is 0. The first-order valence-electron chi connectivity index (χ1n) is 9.28. The predicted octanol–water partition coefficient (Wildman–Crippen LogP) is 1.42. The molecule has 2 aliphatic rings. The minimum atomic E-state index is -0.737. The van der Waals surface area contributed by atoms with Crippen LogP contribution in [0.15, 0.2) is 0 Å². The molecule has 0 spiro atoms. The Balaban J connectivity index is 1.74. The Morgan fingerprint density at radius 1 is 0.960 bits per heavy atom. The van der Waals surface area contributed by atoms with E-state index in [1.807, 2.05) is 13.8 Å². The Bertz CT molecular complexity index is 479. The molecule has 8 heteroatoms. The summed E-state index contributed by atoms with van der Waals surface area (Å²) in [6.45, 7) is 7.47. The van der Waals surface area contributed by atoms with E-state index < -0.39 is 5.97 Å². The number of carbonyl (C=O) groups is 3. The molecular formula is C17H30N4O4. The van der Waals surface area contributed by atoms with Gasteiger partial charge in [0.1, 0.15) is 0 Å². The lowest BCUT2D eigenvalue weighted by molar-refractivity contribution is -0.142. The molecule has 4 amide bonds. The van der Waals surface area contributed by atoms with Gasteiger partial charge in [-0.3, -0.25) is 4.79 Å². The fourth-order valence-corrected chi connectivity index (χ4v) is 3.55. The Morgan fingerprint density at radius 3 is 1.96 bits per heavy atom. The smallest absolute Gasteiger partial charge is 0.320 e. The molecule has 0 bridgehead atoms. The molecule has 0 aromatic heterocycles. The molecule has 1 aliphatic heterocycles. The Labute approximate surface area is 149 Å². The lowest BCUT2D eigenvalue weighted by atomic mass is 9.86. The molecule has 142 valence electrons. The normalized spacial score (nSPS) is 23.9. The number of carboxylic acid groups (broad SMARTS) is 1. The van der Waals surface area contributed by atoms with Crippen LogP contribution in [0.25, 0.3) is 0 Å². The topological polar surface area (TPSA) is 93.2 Å². The van der Waals surface area contributed by atoms with Crippen LogP contribution in [0.2, 0.25) is 0 Å². The summed E-state index contributed by atoms with van der Waals surface area (Å²) in [5.74, 6) is -1.01. The van der Waals surface area contributed by atoms with Crippen molar-refractivity contribution in [3.8, 4) is 0 Å². The summed E-state index contributed by atoms with van der Waals surface area (Å²) in [4.78, 5) is 41.0. The number of hydrogen-bond acceptors (Lipinski definition) is 3. The molecule has 0 aromatic carbocycles. The zero-order chi connectivity index (χ0) is 18.4. The van der Waals surface area contributed by atoms with E-state index in [-0.39, 0.29) is 24.0 Å². The van der Waals surface area contributed by atoms with E-state index in [2.05, 4.69) is 5.32 Å². The SMILES string of the molecule is CCN(CC)C(=O)N1CCN(C(=O)NC2CCC(C(=O)O)CC2)CC1. The van der Waals surface area contributed by atoms with Crippen molar-refractivity contribution in [1.82, 2.24) is 20.0 Å². The van der Waals surface area contributed by atoms with Crippen molar-refractivity contribution in [2.75, 3.05) is 39.3 Å². The lowest BCUT2D eigenvalue weighted by Gasteiger charge is -2.38. The first-order valence-corrected chi connectivity index (χ1v) is 9.28. The minimum absolute atomic E-state index is 0.0389. The number of nitrogens with zero attached hydrogens (tertiary/aromatic N) is 3. The van der Waals surface area contributed by atoms with Crippen LogP contribution in [0.1, 0.15) is 39.5 Å². The quantitative estimate of drug-likeness (QED) is 0.798. The summed E-state index contributed by atoms with van der Waals surface area (Å²) < 4.78 is 0. The molecular weight excluding hydrogens is 324 g/mol. The van der Waals surface area contributed by atoms with Gasteiger partial charge in [-0.1, -0.05) is 0 Å². The summed E-state index contributed by atoms with van der Waals surface area (Å²) in [5, 5.41) is 12.0. The maximum absolute atomic E-state index is 12.4. The molecule has 2 rings (SSSR count). The first-order chi connectivity index (χ1) is 12.0. The number of carboxylic acids is 1. The van der Waals surface area contributed by atoms with E-state index in [1.54, 1.807) is 14.7 Å². The second kappa shape index (κ2) is 8.92. The maximum Gasteiger partial charge on any atom is 0.320 e. The summed E-state index contributed by atoms with van der Waals surface area (Å²) in [6, 6.07) is -0.01000. The number of rotatable bonds is 4. The van der Waals surface area contributed by atoms with Crippen LogP contribution in [0.4, 0.5) is 9.59 Å². The van der Waals surface area contributed by atoms with Gasteiger partial charge in [-0.2, -0.15) is 0 Å². The van der Waals surface area contributed by atoms with Gasteiger partial charge in [0.05, 0.1) is 5.92 Å². The molecule has 8 nitrogen and oxygen atoms in total. The molecule has 0 aromatic rings. The van der Waals surface area contributed by atoms with Gasteiger partial charge in [-0.05, 0) is 39.5 Å². The molecule has 2 fully saturated rings. The van der Waals surface area contributed by atoms with Crippen molar-refractivity contribution in [3.63, 3.8) is 0 Å². The van der Waals surface area contributed by atoms with Crippen molar-refractivity contribution < 1.29 is 19.5 Å². The highest BCUT2D eigenvalue weighted by Crippen LogP contribution is 2.24. The van der Waals surface area contributed by atoms with E-state index in [0.29, 0.717) is 65.0 Å². The Hall–Kier alpha value is -1.99. The number of nitrogens with one attached hydrogen (secondary N) is 1. The fourth-order valence-electron chi connectivity index (χ4n) is 3.55. The van der Waals surface area contributed by atoms with Crippen LogP contribution >= 0.6 is 0 Å². The van der Waals surface area contributed by atoms with Crippen LogP contribution in [0.5, 0.6) is 0 Å². The van der Waals surface area contributed by atoms with Gasteiger partial charge in [0.25, 0.3) is 0 Å². The van der Waals surface area contributed by atoms with Crippen molar-refractivity contribution in [3.05, 3.63) is 0 Å². The van der Waals surface area contributed by atoms with Crippen LogP contribution in [0, 0.1) is 5.92 Å². The summed E-state index contributed by atoms with van der Waals surface area (Å²) in [6.07, 6.45) is 2.66. The number of carbonyl (C=O) groups excluding carboxylic acids is 2. The highest BCUT2D eigenvalue weighted by molar-refractivity contribution is 5.77. The van der Waals surface area contributed by atoms with Gasteiger partial charge < -0.3 is 25.1 Å². The Kier molecular flexibility index (Phi) is 6.90. The third kappa shape index (κ3) is 4.99. The standard InChI is InChI=1S/C17H30N4O4/c1-3-19(4-2)17(25)21-11-9-20(10-12-21)16(24)18-14-7-5-13(6-8-14)15(22)23/h13-14H,3-12H2,1-2H3,(H,18,24)(H,22,23). The predicted molar refractivity (Wildman–Crippen MR) is 93.4 cm³/mol. The van der Waals surface area contributed by atoms with Crippen molar-refractivity contribution in [2.24, 2.45) is 5.92 Å². The largest absolute Gasteiger partial charge is 0.481 e. The molecule has 2 N–H and O–H groups in total. The second-order valence-corrected chi connectivity index (χ2v) is 6.77. The van der Waals surface area contributed by atoms with Gasteiger partial charge in [-0.25, -0.2) is 9.59 Å². The van der Waals surface area contributed by atoms with Crippen molar-refractivity contribution in [1.29, 1.82) is 0 Å². The lowest BCUT2D eigenvalue weighted by Crippen LogP contribution is -2.56. The molecule has 1 saturated carbocycles. The van der Waals surface area contributed by atoms with Gasteiger partial charge >= 0.3 is 18.0 Å². The van der Waals surface area contributed by atoms with Crippen LogP contribution in [-0.2, 0) is 4.79 Å². The second-order valence-electron chi connectivity index (χ2n) is 6.77. The van der Waals surface area contributed by atoms with Gasteiger partial charge in [0, 0.05) is 45.3 Å². The number of amides is 4. The van der Waals surface area contributed by atoms with E-state index in [9.17, 15) is 14.4 Å². The monoisotopic (exact) mass is 354 g/mol. The van der Waals surface area contributed by atoms with E-state index in [4.69, 9.17) is 5.11 Å². The van der Waals surface area contributed by atoms with Crippen LogP contribution in [0.3, 0.4) is 0 Å². The summed E-state index contributed by atoms with van der Waals surface area (Å²) >= 11 is 0. The molecule has 0 unspecified atom stereocenters. The molecule has 0 radical (unpaired) electrons. The van der Waals surface area contributed by atoms with Crippen LogP contribution < -0.4 is 5.32 Å². The van der Waals surface area contributed by atoms with Gasteiger partial charge in [0.2, 0.25) is 0 Å². The molecule has 25 heavy (non-hydrogen) atoms. The minimum Gasteiger partial charge on any atom is -0.481 e. The third-order valence-electron chi connectivity index (χ3n) is 5.28. The third-order valence-corrected chi connectivity index (χ3v) is 5.28. The van der Waals surface area contributed by atoms with E-state index in [0.717, 1.165) is 0 Å². The number of aliphatic carboxylic acids is 1. The van der Waals surface area contributed by atoms with Crippen LogP contribution in [-0.4, -0.2) is 83.1 Å². The van der Waals surface area contributed by atoms with Gasteiger partial charge in [-0.15, -0.1) is 0 Å². The number of urea groups is 2. The van der Waals surface area contributed by atoms with Gasteiger partial charge in [0.15, 0.2) is 0 Å². The zero-order valence-electron chi connectivity index (χ0n) is 15.2. The average Bonchev–Trinajstić information content (AvgIpc) is 2.63. The first kappa shape index (κ1) is 19.3. The number of piperazine rings is 1. The Morgan fingerprint density at radius 2 is 1.48 bits per heavy atom. The number of hydrogen-bond donors (Lipinski definition) is 2. The molecule has 0 atom stereocenters. The highest BCUT2D eigenvalue weighted by Gasteiger charge is 2.30. The molecule has 1 aliphatic carbocycles. The maximum atomic E-state index is 12.4. The van der Waals surface area contributed by atoms with Crippen molar-refractivity contribution >= 4 is 18.0 Å². The zero-order valence-corrected chi connectivity index (χ0v) is 15.2. The average molecular weight is 354 g/mol.